The lowest BCUT2D eigenvalue weighted by Gasteiger charge is -2.38. The maximum atomic E-state index is 13.0. The van der Waals surface area contributed by atoms with E-state index in [4.69, 9.17) is 0 Å². The standard InChI is InChI=1S/C19H22FN5/c20-17-3-1-15(2-4-17)12-24-13-16(10-22-24)11-23-7-8-25(18-5-6-18)19(9-21)14-23/h1-4,10,13,18-19H,5-8,11-12,14H2. The molecule has 0 bridgehead atoms. The second kappa shape index (κ2) is 6.95. The minimum atomic E-state index is -0.220. The summed E-state index contributed by atoms with van der Waals surface area (Å²) in [5.41, 5.74) is 2.18. The zero-order valence-corrected chi connectivity index (χ0v) is 14.2. The lowest BCUT2D eigenvalue weighted by molar-refractivity contribution is 0.0897. The molecule has 1 unspecified atom stereocenters. The van der Waals surface area contributed by atoms with Crippen molar-refractivity contribution >= 4 is 0 Å². The Morgan fingerprint density at radius 3 is 2.64 bits per heavy atom. The van der Waals surface area contributed by atoms with Gasteiger partial charge in [-0.25, -0.2) is 4.39 Å². The predicted octanol–water partition coefficient (Wildman–Crippen LogP) is 2.24. The predicted molar refractivity (Wildman–Crippen MR) is 92.1 cm³/mol. The lowest BCUT2D eigenvalue weighted by atomic mass is 10.1. The lowest BCUT2D eigenvalue weighted by Crippen LogP contribution is -2.52. The molecule has 1 aliphatic heterocycles. The van der Waals surface area contributed by atoms with Gasteiger partial charge in [0, 0.05) is 44.0 Å². The molecule has 1 aromatic carbocycles. The third-order valence-corrected chi connectivity index (χ3v) is 5.02. The highest BCUT2D eigenvalue weighted by atomic mass is 19.1. The Labute approximate surface area is 147 Å². The number of nitriles is 1. The van der Waals surface area contributed by atoms with Crippen LogP contribution in [0, 0.1) is 17.1 Å². The summed E-state index contributed by atoms with van der Waals surface area (Å²) in [6, 6.07) is 9.63. The van der Waals surface area contributed by atoms with Crippen LogP contribution in [0.4, 0.5) is 4.39 Å². The fourth-order valence-corrected chi connectivity index (χ4v) is 3.56. The SMILES string of the molecule is N#CC1CN(Cc2cnn(Cc3ccc(F)cc3)c2)CCN1C1CC1. The molecule has 6 heteroatoms. The topological polar surface area (TPSA) is 48.1 Å². The van der Waals surface area contributed by atoms with Crippen molar-refractivity contribution in [3.8, 4) is 6.07 Å². The largest absolute Gasteiger partial charge is 0.295 e. The van der Waals surface area contributed by atoms with E-state index in [0.717, 1.165) is 37.3 Å². The highest BCUT2D eigenvalue weighted by Crippen LogP contribution is 2.30. The van der Waals surface area contributed by atoms with Crippen LogP contribution in [0.15, 0.2) is 36.7 Å². The quantitative estimate of drug-likeness (QED) is 0.838. The van der Waals surface area contributed by atoms with Crippen molar-refractivity contribution in [1.82, 2.24) is 19.6 Å². The number of hydrogen-bond acceptors (Lipinski definition) is 4. The zero-order valence-electron chi connectivity index (χ0n) is 14.2. The molecule has 4 rings (SSSR count). The van der Waals surface area contributed by atoms with Gasteiger partial charge in [-0.05, 0) is 30.5 Å². The number of aromatic nitrogens is 2. The Hall–Kier alpha value is -2.23. The van der Waals surface area contributed by atoms with Crippen molar-refractivity contribution in [2.45, 2.75) is 38.0 Å². The van der Waals surface area contributed by atoms with Crippen LogP contribution in [-0.4, -0.2) is 51.3 Å². The summed E-state index contributed by atoms with van der Waals surface area (Å²) < 4.78 is 14.9. The van der Waals surface area contributed by atoms with Gasteiger partial charge < -0.3 is 0 Å². The van der Waals surface area contributed by atoms with Crippen molar-refractivity contribution in [2.24, 2.45) is 0 Å². The molecule has 1 atom stereocenters. The fourth-order valence-electron chi connectivity index (χ4n) is 3.56. The first-order valence-electron chi connectivity index (χ1n) is 8.85. The van der Waals surface area contributed by atoms with Crippen LogP contribution in [-0.2, 0) is 13.1 Å². The molecule has 0 amide bonds. The molecule has 1 saturated heterocycles. The van der Waals surface area contributed by atoms with Crippen LogP contribution < -0.4 is 0 Å². The average Bonchev–Trinajstić information content (AvgIpc) is 3.38. The van der Waals surface area contributed by atoms with E-state index in [2.05, 4.69) is 21.0 Å². The van der Waals surface area contributed by atoms with Gasteiger partial charge in [0.2, 0.25) is 0 Å². The van der Waals surface area contributed by atoms with Gasteiger partial charge in [0.1, 0.15) is 11.9 Å². The van der Waals surface area contributed by atoms with Gasteiger partial charge in [0.25, 0.3) is 0 Å². The van der Waals surface area contributed by atoms with Gasteiger partial charge in [0.15, 0.2) is 0 Å². The number of piperazine rings is 1. The number of nitrogens with zero attached hydrogens (tertiary/aromatic N) is 5. The van der Waals surface area contributed by atoms with Crippen LogP contribution in [0.1, 0.15) is 24.0 Å². The molecule has 1 saturated carbocycles. The van der Waals surface area contributed by atoms with E-state index < -0.39 is 0 Å². The molecule has 5 nitrogen and oxygen atoms in total. The van der Waals surface area contributed by atoms with E-state index in [1.54, 1.807) is 12.1 Å². The minimum Gasteiger partial charge on any atom is -0.295 e. The van der Waals surface area contributed by atoms with Crippen LogP contribution in [0.3, 0.4) is 0 Å². The molecular weight excluding hydrogens is 317 g/mol. The van der Waals surface area contributed by atoms with Gasteiger partial charge in [-0.15, -0.1) is 0 Å². The first-order valence-corrected chi connectivity index (χ1v) is 8.85. The van der Waals surface area contributed by atoms with E-state index in [-0.39, 0.29) is 11.9 Å². The third-order valence-electron chi connectivity index (χ3n) is 5.02. The number of halogens is 1. The van der Waals surface area contributed by atoms with E-state index in [9.17, 15) is 9.65 Å². The number of benzene rings is 1. The first-order chi connectivity index (χ1) is 12.2. The molecule has 2 fully saturated rings. The average molecular weight is 339 g/mol. The highest BCUT2D eigenvalue weighted by molar-refractivity contribution is 5.17. The highest BCUT2D eigenvalue weighted by Gasteiger charge is 2.37. The van der Waals surface area contributed by atoms with Crippen molar-refractivity contribution < 1.29 is 4.39 Å². The summed E-state index contributed by atoms with van der Waals surface area (Å²) in [6.45, 7) is 4.23. The van der Waals surface area contributed by atoms with Crippen molar-refractivity contribution in [3.63, 3.8) is 0 Å². The fraction of sp³-hybridized carbons (Fsp3) is 0.474. The third kappa shape index (κ3) is 3.89. The number of hydrogen-bond donors (Lipinski definition) is 0. The molecule has 130 valence electrons. The van der Waals surface area contributed by atoms with E-state index in [1.807, 2.05) is 17.1 Å². The van der Waals surface area contributed by atoms with E-state index >= 15 is 0 Å². The van der Waals surface area contributed by atoms with Crippen LogP contribution >= 0.6 is 0 Å². The summed E-state index contributed by atoms with van der Waals surface area (Å²) in [7, 11) is 0. The van der Waals surface area contributed by atoms with Gasteiger partial charge in [-0.2, -0.15) is 10.4 Å². The Morgan fingerprint density at radius 1 is 1.12 bits per heavy atom. The summed E-state index contributed by atoms with van der Waals surface area (Å²) in [5, 5.41) is 13.9. The first kappa shape index (κ1) is 16.2. The second-order valence-corrected chi connectivity index (χ2v) is 7.02. The molecule has 1 aromatic heterocycles. The van der Waals surface area contributed by atoms with Crippen LogP contribution in [0.5, 0.6) is 0 Å². The van der Waals surface area contributed by atoms with Crippen LogP contribution in [0.2, 0.25) is 0 Å². The molecule has 2 heterocycles. The van der Waals surface area contributed by atoms with Crippen molar-refractivity contribution in [3.05, 3.63) is 53.6 Å². The Morgan fingerprint density at radius 2 is 1.92 bits per heavy atom. The normalized spacial score (nSPS) is 22.0. The summed E-state index contributed by atoms with van der Waals surface area (Å²) in [5.74, 6) is -0.220. The molecular formula is C19H22FN5. The van der Waals surface area contributed by atoms with Crippen molar-refractivity contribution in [2.75, 3.05) is 19.6 Å². The van der Waals surface area contributed by atoms with E-state index in [1.165, 1.54) is 25.0 Å². The molecule has 0 radical (unpaired) electrons. The molecule has 0 N–H and O–H groups in total. The van der Waals surface area contributed by atoms with Gasteiger partial charge in [-0.1, -0.05) is 12.1 Å². The zero-order chi connectivity index (χ0) is 17.2. The summed E-state index contributed by atoms with van der Waals surface area (Å²) >= 11 is 0. The molecule has 2 aromatic rings. The number of rotatable bonds is 5. The van der Waals surface area contributed by atoms with Gasteiger partial charge >= 0.3 is 0 Å². The second-order valence-electron chi connectivity index (χ2n) is 7.02. The maximum absolute atomic E-state index is 13.0. The van der Waals surface area contributed by atoms with Gasteiger partial charge in [0.05, 0.1) is 18.8 Å². The molecule has 25 heavy (non-hydrogen) atoms. The van der Waals surface area contributed by atoms with E-state index in [0.29, 0.717) is 12.6 Å². The van der Waals surface area contributed by atoms with Crippen LogP contribution in [0.25, 0.3) is 0 Å². The molecule has 2 aliphatic rings. The molecule has 1 aliphatic carbocycles. The minimum absolute atomic E-state index is 0.00973. The Bertz CT molecular complexity index is 759. The Kier molecular flexibility index (Phi) is 4.51. The monoisotopic (exact) mass is 339 g/mol. The Balaban J connectivity index is 1.35. The molecule has 0 spiro atoms. The maximum Gasteiger partial charge on any atom is 0.123 e. The summed E-state index contributed by atoms with van der Waals surface area (Å²) in [4.78, 5) is 4.71. The summed E-state index contributed by atoms with van der Waals surface area (Å²) in [6.07, 6.45) is 6.42. The van der Waals surface area contributed by atoms with Gasteiger partial charge in [-0.3, -0.25) is 14.5 Å². The smallest absolute Gasteiger partial charge is 0.123 e. The van der Waals surface area contributed by atoms with Crippen molar-refractivity contribution in [1.29, 1.82) is 5.26 Å².